The van der Waals surface area contributed by atoms with E-state index in [-0.39, 0.29) is 0 Å². The molecule has 0 aliphatic carbocycles. The summed E-state index contributed by atoms with van der Waals surface area (Å²) in [5.41, 5.74) is 6.87. The average Bonchev–Trinajstić information content (AvgIpc) is 3.45. The maximum atomic E-state index is 9.28. The second kappa shape index (κ2) is 8.05. The van der Waals surface area contributed by atoms with Crippen LogP contribution in [0.2, 0.25) is 0 Å². The highest BCUT2D eigenvalue weighted by Gasteiger charge is 2.23. The lowest BCUT2D eigenvalue weighted by Gasteiger charge is -2.09. The summed E-state index contributed by atoms with van der Waals surface area (Å²) in [6.45, 7) is 0. The number of benzene rings is 4. The SMILES string of the molecule is N#Cc1ccc(-c2sc(-c3ccc(C#N)cc3)c3c2c2ccccc2n3-c2ccccc2)cc1. The minimum Gasteiger partial charge on any atom is -0.308 e. The van der Waals surface area contributed by atoms with Crippen molar-refractivity contribution in [1.29, 1.82) is 10.5 Å². The topological polar surface area (TPSA) is 52.5 Å². The number of rotatable bonds is 3. The van der Waals surface area contributed by atoms with Crippen molar-refractivity contribution < 1.29 is 0 Å². The molecule has 3 nitrogen and oxygen atoms in total. The molecule has 2 heterocycles. The molecule has 0 spiro atoms. The van der Waals surface area contributed by atoms with Gasteiger partial charge in [0.1, 0.15) is 0 Å². The summed E-state index contributed by atoms with van der Waals surface area (Å²) in [7, 11) is 0. The molecule has 0 saturated heterocycles. The van der Waals surface area contributed by atoms with Crippen molar-refractivity contribution >= 4 is 33.1 Å². The molecule has 0 unspecified atom stereocenters. The molecule has 2 aromatic heterocycles. The highest BCUT2D eigenvalue weighted by Crippen LogP contribution is 2.49. The van der Waals surface area contributed by atoms with Crippen molar-refractivity contribution in [2.75, 3.05) is 0 Å². The molecule has 0 saturated carbocycles. The molecular formula is C30H17N3S. The Morgan fingerprint density at radius 2 is 1.15 bits per heavy atom. The summed E-state index contributed by atoms with van der Waals surface area (Å²) < 4.78 is 2.34. The van der Waals surface area contributed by atoms with Crippen LogP contribution in [0.5, 0.6) is 0 Å². The Labute approximate surface area is 201 Å². The van der Waals surface area contributed by atoms with E-state index in [0.717, 1.165) is 32.7 Å². The molecule has 0 radical (unpaired) electrons. The summed E-state index contributed by atoms with van der Waals surface area (Å²) in [4.78, 5) is 2.32. The first kappa shape index (κ1) is 20.0. The zero-order chi connectivity index (χ0) is 23.1. The number of fused-ring (bicyclic) bond motifs is 3. The monoisotopic (exact) mass is 451 g/mol. The highest BCUT2D eigenvalue weighted by atomic mass is 32.1. The van der Waals surface area contributed by atoms with Crippen molar-refractivity contribution in [3.8, 4) is 38.7 Å². The minimum atomic E-state index is 0.646. The van der Waals surface area contributed by atoms with E-state index in [4.69, 9.17) is 0 Å². The molecule has 4 heteroatoms. The van der Waals surface area contributed by atoms with Crippen LogP contribution >= 0.6 is 11.3 Å². The fourth-order valence-corrected chi connectivity index (χ4v) is 5.83. The van der Waals surface area contributed by atoms with Gasteiger partial charge in [-0.2, -0.15) is 10.5 Å². The minimum absolute atomic E-state index is 0.646. The third-order valence-electron chi connectivity index (χ3n) is 6.09. The Morgan fingerprint density at radius 3 is 1.76 bits per heavy atom. The van der Waals surface area contributed by atoms with Gasteiger partial charge < -0.3 is 4.57 Å². The number of hydrogen-bond acceptors (Lipinski definition) is 3. The second-order valence-corrected chi connectivity index (χ2v) is 9.07. The number of para-hydroxylation sites is 2. The third kappa shape index (κ3) is 3.10. The lowest BCUT2D eigenvalue weighted by molar-refractivity contribution is 1.18. The van der Waals surface area contributed by atoms with Crippen LogP contribution in [0.4, 0.5) is 0 Å². The summed E-state index contributed by atoms with van der Waals surface area (Å²) in [6.07, 6.45) is 0. The number of thiophene rings is 1. The van der Waals surface area contributed by atoms with Gasteiger partial charge in [-0.15, -0.1) is 11.3 Å². The van der Waals surface area contributed by atoms with E-state index in [2.05, 4.69) is 65.2 Å². The van der Waals surface area contributed by atoms with E-state index >= 15 is 0 Å². The molecule has 0 fully saturated rings. The number of nitriles is 2. The fourth-order valence-electron chi connectivity index (χ4n) is 4.52. The van der Waals surface area contributed by atoms with Crippen LogP contribution < -0.4 is 0 Å². The zero-order valence-electron chi connectivity index (χ0n) is 18.1. The molecule has 0 bridgehead atoms. The van der Waals surface area contributed by atoms with Gasteiger partial charge in [-0.05, 0) is 53.6 Å². The molecule has 0 N–H and O–H groups in total. The van der Waals surface area contributed by atoms with Crippen molar-refractivity contribution in [3.05, 3.63) is 114 Å². The predicted octanol–water partition coefficient (Wildman–Crippen LogP) is 7.92. The maximum Gasteiger partial charge on any atom is 0.0991 e. The number of aromatic nitrogens is 1. The molecule has 0 amide bonds. The van der Waals surface area contributed by atoms with Gasteiger partial charge in [-0.25, -0.2) is 0 Å². The first-order chi connectivity index (χ1) is 16.8. The van der Waals surface area contributed by atoms with Gasteiger partial charge in [0.05, 0.1) is 39.2 Å². The fraction of sp³-hybridized carbons (Fsp3) is 0. The van der Waals surface area contributed by atoms with E-state index in [0.29, 0.717) is 11.1 Å². The smallest absolute Gasteiger partial charge is 0.0991 e. The van der Waals surface area contributed by atoms with Crippen molar-refractivity contribution in [2.45, 2.75) is 0 Å². The molecular weight excluding hydrogens is 434 g/mol. The van der Waals surface area contributed by atoms with Gasteiger partial charge in [-0.1, -0.05) is 60.7 Å². The van der Waals surface area contributed by atoms with Gasteiger partial charge in [0.2, 0.25) is 0 Å². The molecule has 6 rings (SSSR count). The van der Waals surface area contributed by atoms with E-state index in [1.165, 1.54) is 15.6 Å². The summed E-state index contributed by atoms with van der Waals surface area (Å²) in [5.74, 6) is 0. The molecule has 158 valence electrons. The summed E-state index contributed by atoms with van der Waals surface area (Å²) in [5, 5.41) is 20.9. The van der Waals surface area contributed by atoms with Crippen molar-refractivity contribution in [2.24, 2.45) is 0 Å². The van der Waals surface area contributed by atoms with Gasteiger partial charge in [0.25, 0.3) is 0 Å². The largest absolute Gasteiger partial charge is 0.308 e. The van der Waals surface area contributed by atoms with Gasteiger partial charge >= 0.3 is 0 Å². The molecule has 6 aromatic rings. The quantitative estimate of drug-likeness (QED) is 0.274. The van der Waals surface area contributed by atoms with Crippen LogP contribution in [-0.2, 0) is 0 Å². The van der Waals surface area contributed by atoms with Gasteiger partial charge in [-0.3, -0.25) is 0 Å². The zero-order valence-corrected chi connectivity index (χ0v) is 18.9. The van der Waals surface area contributed by atoms with Crippen molar-refractivity contribution in [1.82, 2.24) is 4.57 Å². The Balaban J connectivity index is 1.76. The Kier molecular flexibility index (Phi) is 4.73. The van der Waals surface area contributed by atoms with E-state index in [9.17, 15) is 10.5 Å². The standard InChI is InChI=1S/C30H17N3S/c31-18-20-10-14-22(15-11-20)29-27-25-8-4-5-9-26(25)33(24-6-2-1-3-7-24)28(27)30(34-29)23-16-12-21(19-32)13-17-23/h1-17H. The van der Waals surface area contributed by atoms with Crippen LogP contribution in [0.3, 0.4) is 0 Å². The first-order valence-corrected chi connectivity index (χ1v) is 11.7. The number of hydrogen-bond donors (Lipinski definition) is 0. The van der Waals surface area contributed by atoms with E-state index < -0.39 is 0 Å². The van der Waals surface area contributed by atoms with Crippen LogP contribution in [-0.4, -0.2) is 4.57 Å². The Hall–Kier alpha value is -4.64. The van der Waals surface area contributed by atoms with Crippen LogP contribution in [0.25, 0.3) is 48.4 Å². The second-order valence-electron chi connectivity index (χ2n) is 8.05. The van der Waals surface area contributed by atoms with Gasteiger partial charge in [0, 0.05) is 21.3 Å². The molecule has 0 aliphatic rings. The predicted molar refractivity (Wildman–Crippen MR) is 139 cm³/mol. The van der Waals surface area contributed by atoms with Crippen LogP contribution in [0, 0.1) is 22.7 Å². The molecule has 4 aromatic carbocycles. The van der Waals surface area contributed by atoms with E-state index in [1.807, 2.05) is 54.6 Å². The van der Waals surface area contributed by atoms with Crippen LogP contribution in [0.15, 0.2) is 103 Å². The summed E-state index contributed by atoms with van der Waals surface area (Å²) in [6, 6.07) is 39.0. The average molecular weight is 452 g/mol. The lowest BCUT2D eigenvalue weighted by atomic mass is 10.1. The third-order valence-corrected chi connectivity index (χ3v) is 7.36. The molecule has 0 aliphatic heterocycles. The maximum absolute atomic E-state index is 9.28. The highest BCUT2D eigenvalue weighted by molar-refractivity contribution is 7.21. The Morgan fingerprint density at radius 1 is 0.588 bits per heavy atom. The van der Waals surface area contributed by atoms with Crippen molar-refractivity contribution in [3.63, 3.8) is 0 Å². The van der Waals surface area contributed by atoms with Crippen LogP contribution in [0.1, 0.15) is 11.1 Å². The molecule has 0 atom stereocenters. The summed E-state index contributed by atoms with van der Waals surface area (Å²) >= 11 is 1.75. The first-order valence-electron chi connectivity index (χ1n) is 10.9. The van der Waals surface area contributed by atoms with E-state index in [1.54, 1.807) is 11.3 Å². The lowest BCUT2D eigenvalue weighted by Crippen LogP contribution is -1.93. The Bertz CT molecular complexity index is 1740. The normalized spacial score (nSPS) is 10.9. The number of nitrogens with zero attached hydrogens (tertiary/aromatic N) is 3. The van der Waals surface area contributed by atoms with Gasteiger partial charge in [0.15, 0.2) is 0 Å². The molecule has 34 heavy (non-hydrogen) atoms.